The molecule has 113 valence electrons. The number of H-pyrrole nitrogens is 2. The summed E-state index contributed by atoms with van der Waals surface area (Å²) in [7, 11) is 0. The molecule has 4 rings (SSSR count). The van der Waals surface area contributed by atoms with Gasteiger partial charge in [0.25, 0.3) is 5.91 Å². The molecule has 3 aromatic rings. The van der Waals surface area contributed by atoms with E-state index in [2.05, 4.69) is 26.4 Å². The van der Waals surface area contributed by atoms with Crippen LogP contribution in [0.2, 0.25) is 0 Å². The summed E-state index contributed by atoms with van der Waals surface area (Å²) < 4.78 is 5.48. The minimum absolute atomic E-state index is 0.181. The average Bonchev–Trinajstić information content (AvgIpc) is 3.12. The standard InChI is InChI=1S/C15H16N5O2/c16-14(21)13-12-11(9-3-4-17-15(9)20-13)18-10(19-12)6-8-2-1-5-22-7-8/h3-4,6,8H,1-2,5,7H2,(H2,16,21)(H,17,20)(H,18,19)/t8-/m1/s1. The van der Waals surface area contributed by atoms with Crippen molar-refractivity contribution in [2.24, 2.45) is 11.7 Å². The number of fused-ring (bicyclic) bond motifs is 3. The highest BCUT2D eigenvalue weighted by Gasteiger charge is 2.20. The van der Waals surface area contributed by atoms with Crippen LogP contribution in [0.25, 0.3) is 22.1 Å². The van der Waals surface area contributed by atoms with Crippen molar-refractivity contribution in [1.29, 1.82) is 0 Å². The van der Waals surface area contributed by atoms with Gasteiger partial charge in [-0.05, 0) is 24.8 Å². The van der Waals surface area contributed by atoms with Gasteiger partial charge in [0.1, 0.15) is 17.0 Å². The van der Waals surface area contributed by atoms with E-state index in [0.717, 1.165) is 36.2 Å². The van der Waals surface area contributed by atoms with Crippen LogP contribution >= 0.6 is 0 Å². The molecule has 0 aromatic carbocycles. The van der Waals surface area contributed by atoms with E-state index >= 15 is 0 Å². The summed E-state index contributed by atoms with van der Waals surface area (Å²) in [6.07, 6.45) is 5.97. The first-order valence-corrected chi connectivity index (χ1v) is 7.31. The molecule has 1 amide bonds. The molecule has 7 heteroatoms. The van der Waals surface area contributed by atoms with E-state index in [4.69, 9.17) is 10.5 Å². The molecule has 7 nitrogen and oxygen atoms in total. The molecule has 4 heterocycles. The number of aromatic amines is 2. The van der Waals surface area contributed by atoms with Crippen molar-refractivity contribution in [3.8, 4) is 0 Å². The number of hydrogen-bond acceptors (Lipinski definition) is 4. The van der Waals surface area contributed by atoms with Crippen molar-refractivity contribution < 1.29 is 9.53 Å². The molecule has 1 radical (unpaired) electrons. The Balaban J connectivity index is 1.81. The van der Waals surface area contributed by atoms with Gasteiger partial charge in [0.15, 0.2) is 5.69 Å². The predicted molar refractivity (Wildman–Crippen MR) is 81.2 cm³/mol. The van der Waals surface area contributed by atoms with Crippen LogP contribution in [0.3, 0.4) is 0 Å². The highest BCUT2D eigenvalue weighted by atomic mass is 16.5. The fourth-order valence-electron chi connectivity index (χ4n) is 2.95. The quantitative estimate of drug-likeness (QED) is 0.680. The Morgan fingerprint density at radius 1 is 1.45 bits per heavy atom. The SMILES string of the molecule is NC(=O)c1nc2[nH]ccc2c2[nH]c([CH][C@H]3CCCOC3)nc12. The van der Waals surface area contributed by atoms with Crippen molar-refractivity contribution in [1.82, 2.24) is 19.9 Å². The Bertz CT molecular complexity index is 844. The molecular weight excluding hydrogens is 282 g/mol. The highest BCUT2D eigenvalue weighted by molar-refractivity contribution is 6.10. The smallest absolute Gasteiger partial charge is 0.269 e. The van der Waals surface area contributed by atoms with Gasteiger partial charge in [-0.15, -0.1) is 0 Å². The van der Waals surface area contributed by atoms with E-state index in [1.54, 1.807) is 6.20 Å². The minimum atomic E-state index is -0.583. The number of primary amides is 1. The van der Waals surface area contributed by atoms with Crippen LogP contribution in [-0.4, -0.2) is 39.1 Å². The molecule has 0 spiro atoms. The maximum absolute atomic E-state index is 11.6. The first-order valence-electron chi connectivity index (χ1n) is 7.31. The lowest BCUT2D eigenvalue weighted by Crippen LogP contribution is -2.18. The fourth-order valence-corrected chi connectivity index (χ4v) is 2.95. The van der Waals surface area contributed by atoms with E-state index in [1.807, 2.05) is 6.07 Å². The number of rotatable bonds is 3. The number of nitrogens with zero attached hydrogens (tertiary/aromatic N) is 2. The van der Waals surface area contributed by atoms with E-state index in [1.165, 1.54) is 0 Å². The second-order valence-corrected chi connectivity index (χ2v) is 5.55. The van der Waals surface area contributed by atoms with Crippen molar-refractivity contribution in [2.75, 3.05) is 13.2 Å². The van der Waals surface area contributed by atoms with Crippen molar-refractivity contribution in [3.05, 3.63) is 30.2 Å². The maximum atomic E-state index is 11.6. The maximum Gasteiger partial charge on any atom is 0.269 e. The van der Waals surface area contributed by atoms with Crippen molar-refractivity contribution in [3.63, 3.8) is 0 Å². The van der Waals surface area contributed by atoms with Gasteiger partial charge in [-0.2, -0.15) is 0 Å². The molecule has 0 unspecified atom stereocenters. The summed E-state index contributed by atoms with van der Waals surface area (Å²) in [5.41, 5.74) is 7.53. The van der Waals surface area contributed by atoms with Gasteiger partial charge in [-0.25, -0.2) is 9.97 Å². The Hall–Kier alpha value is -2.41. The number of amides is 1. The molecule has 1 aliphatic rings. The normalized spacial score (nSPS) is 19.0. The number of ether oxygens (including phenoxy) is 1. The molecule has 22 heavy (non-hydrogen) atoms. The summed E-state index contributed by atoms with van der Waals surface area (Å²) in [6, 6.07) is 1.90. The Labute approximate surface area is 126 Å². The van der Waals surface area contributed by atoms with E-state index < -0.39 is 5.91 Å². The molecule has 1 aliphatic heterocycles. The summed E-state index contributed by atoms with van der Waals surface area (Å²) in [5.74, 6) is 0.477. The topological polar surface area (TPSA) is 110 Å². The zero-order valence-corrected chi connectivity index (χ0v) is 11.9. The summed E-state index contributed by atoms with van der Waals surface area (Å²) >= 11 is 0. The van der Waals surface area contributed by atoms with Gasteiger partial charge in [-0.1, -0.05) is 0 Å². The Morgan fingerprint density at radius 3 is 3.14 bits per heavy atom. The average molecular weight is 298 g/mol. The van der Waals surface area contributed by atoms with E-state index in [-0.39, 0.29) is 5.69 Å². The predicted octanol–water partition coefficient (Wildman–Crippen LogP) is 1.52. The third-order valence-electron chi connectivity index (χ3n) is 3.99. The zero-order valence-electron chi connectivity index (χ0n) is 11.9. The minimum Gasteiger partial charge on any atom is -0.381 e. The molecule has 3 aromatic heterocycles. The lowest BCUT2D eigenvalue weighted by atomic mass is 9.98. The number of carbonyl (C=O) groups is 1. The summed E-state index contributed by atoms with van der Waals surface area (Å²) in [4.78, 5) is 26.7. The third-order valence-corrected chi connectivity index (χ3v) is 3.99. The first-order chi connectivity index (χ1) is 10.7. The summed E-state index contributed by atoms with van der Waals surface area (Å²) in [5, 5.41) is 0.895. The van der Waals surface area contributed by atoms with Gasteiger partial charge >= 0.3 is 0 Å². The molecule has 1 fully saturated rings. The Morgan fingerprint density at radius 2 is 2.36 bits per heavy atom. The van der Waals surface area contributed by atoms with Gasteiger partial charge in [0.05, 0.1) is 12.1 Å². The molecule has 0 bridgehead atoms. The second kappa shape index (κ2) is 5.10. The number of carbonyl (C=O) groups excluding carboxylic acids is 1. The lowest BCUT2D eigenvalue weighted by Gasteiger charge is -2.20. The van der Waals surface area contributed by atoms with Crippen LogP contribution in [0.1, 0.15) is 29.2 Å². The molecular formula is C15H16N5O2. The molecule has 1 saturated heterocycles. The number of hydrogen-bond donors (Lipinski definition) is 3. The van der Waals surface area contributed by atoms with Crippen LogP contribution < -0.4 is 5.73 Å². The highest BCUT2D eigenvalue weighted by Crippen LogP contribution is 2.26. The van der Waals surface area contributed by atoms with Crippen LogP contribution in [0.4, 0.5) is 0 Å². The molecule has 4 N–H and O–H groups in total. The van der Waals surface area contributed by atoms with Crippen LogP contribution in [0, 0.1) is 12.3 Å². The van der Waals surface area contributed by atoms with Crippen molar-refractivity contribution >= 4 is 28.0 Å². The zero-order chi connectivity index (χ0) is 15.1. The lowest BCUT2D eigenvalue weighted by molar-refractivity contribution is 0.0666. The van der Waals surface area contributed by atoms with Gasteiger partial charge in [0, 0.05) is 24.6 Å². The molecule has 1 atom stereocenters. The van der Waals surface area contributed by atoms with E-state index in [9.17, 15) is 4.79 Å². The number of nitrogens with one attached hydrogen (secondary N) is 2. The molecule has 0 saturated carbocycles. The third kappa shape index (κ3) is 2.14. The fraction of sp³-hybridized carbons (Fsp3) is 0.333. The number of pyridine rings is 1. The van der Waals surface area contributed by atoms with Crippen LogP contribution in [0.15, 0.2) is 12.3 Å². The number of nitrogens with two attached hydrogens (primary N) is 1. The van der Waals surface area contributed by atoms with Gasteiger partial charge in [0.2, 0.25) is 0 Å². The largest absolute Gasteiger partial charge is 0.381 e. The summed E-state index contributed by atoms with van der Waals surface area (Å²) in [6.45, 7) is 1.53. The van der Waals surface area contributed by atoms with Gasteiger partial charge in [-0.3, -0.25) is 4.79 Å². The first kappa shape index (κ1) is 13.3. The van der Waals surface area contributed by atoms with Crippen LogP contribution in [0.5, 0.6) is 0 Å². The van der Waals surface area contributed by atoms with Crippen molar-refractivity contribution in [2.45, 2.75) is 12.8 Å². The molecule has 0 aliphatic carbocycles. The number of imidazole rings is 1. The second-order valence-electron chi connectivity index (χ2n) is 5.55. The van der Waals surface area contributed by atoms with Crippen LogP contribution in [-0.2, 0) is 4.74 Å². The van der Waals surface area contributed by atoms with Gasteiger partial charge < -0.3 is 20.4 Å². The van der Waals surface area contributed by atoms with E-state index in [0.29, 0.717) is 23.7 Å². The monoisotopic (exact) mass is 298 g/mol. The number of aromatic nitrogens is 4. The Kier molecular flexibility index (Phi) is 3.07.